The molecule has 2 aliphatic heterocycles. The summed E-state index contributed by atoms with van der Waals surface area (Å²) in [5.41, 5.74) is 0. The van der Waals surface area contributed by atoms with Gasteiger partial charge in [0.25, 0.3) is 0 Å². The van der Waals surface area contributed by atoms with E-state index in [1.807, 2.05) is 61.5 Å². The van der Waals surface area contributed by atoms with Crippen molar-refractivity contribution >= 4 is 65.0 Å². The molecule has 2 rings (SSSR count). The first-order valence-electron chi connectivity index (χ1n) is 35.5. The molecule has 14 atom stereocenters. The van der Waals surface area contributed by atoms with E-state index in [0.29, 0.717) is 25.9 Å². The van der Waals surface area contributed by atoms with E-state index in [2.05, 4.69) is 31.1 Å². The minimum Gasteiger partial charge on any atom is -0.390 e. The first-order chi connectivity index (χ1) is 45.1. The van der Waals surface area contributed by atoms with Crippen LogP contribution in [-0.4, -0.2) is 289 Å². The summed E-state index contributed by atoms with van der Waals surface area (Å²) in [6.45, 7) is 35.3. The van der Waals surface area contributed by atoms with Gasteiger partial charge in [0.2, 0.25) is 65.0 Å². The first-order valence-corrected chi connectivity index (χ1v) is 35.5. The second kappa shape index (κ2) is 40.7. The van der Waals surface area contributed by atoms with E-state index >= 15 is 28.8 Å². The monoisotopic (exact) mass is 1370 g/mol. The van der Waals surface area contributed by atoms with Crippen LogP contribution < -0.4 is 21.3 Å². The van der Waals surface area contributed by atoms with Crippen LogP contribution in [0.5, 0.6) is 0 Å². The number of rotatable bonds is 21. The van der Waals surface area contributed by atoms with E-state index in [9.17, 15) is 29.1 Å². The van der Waals surface area contributed by atoms with Crippen molar-refractivity contribution in [3.63, 3.8) is 0 Å². The predicted octanol–water partition coefficient (Wildman–Crippen LogP) is 3.29. The van der Waals surface area contributed by atoms with Crippen LogP contribution in [0, 0.1) is 41.4 Å². The number of allylic oxidation sites excluding steroid dienone is 2. The number of piperazine rings is 1. The van der Waals surface area contributed by atoms with Gasteiger partial charge in [0, 0.05) is 89.2 Å². The van der Waals surface area contributed by atoms with Crippen LogP contribution in [0.25, 0.3) is 0 Å². The van der Waals surface area contributed by atoms with E-state index in [-0.39, 0.29) is 43.4 Å². The maximum Gasteiger partial charge on any atom is 0.246 e. The van der Waals surface area contributed by atoms with Gasteiger partial charge < -0.3 is 70.3 Å². The Bertz CT molecular complexity index is 2630. The molecule has 26 nitrogen and oxygen atoms in total. The Labute approximate surface area is 581 Å². The van der Waals surface area contributed by atoms with E-state index in [1.165, 1.54) is 99.5 Å². The average Bonchev–Trinajstić information content (AvgIpc) is 0.808. The second-order valence-corrected chi connectivity index (χ2v) is 29.6. The minimum absolute atomic E-state index is 0.00760. The number of hydrogen-bond acceptors (Lipinski definition) is 15. The number of nitrogens with one attached hydrogen (secondary N) is 4. The lowest BCUT2D eigenvalue weighted by Crippen LogP contribution is -2.64. The maximum atomic E-state index is 15.3. The molecule has 0 bridgehead atoms. The molecule has 0 radical (unpaired) electrons. The number of aliphatic hydroxyl groups is 1. The lowest BCUT2D eigenvalue weighted by molar-refractivity contribution is -0.157. The Morgan fingerprint density at radius 3 is 1.42 bits per heavy atom. The van der Waals surface area contributed by atoms with Crippen molar-refractivity contribution in [3.05, 3.63) is 12.2 Å². The Balaban J connectivity index is 3.01. The fourth-order valence-electron chi connectivity index (χ4n) is 13.1. The van der Waals surface area contributed by atoms with Gasteiger partial charge in [-0.3, -0.25) is 57.6 Å². The zero-order valence-corrected chi connectivity index (χ0v) is 63.9. The van der Waals surface area contributed by atoms with Crippen molar-refractivity contribution in [1.82, 2.24) is 65.4 Å². The molecule has 97 heavy (non-hydrogen) atoms. The number of ether oxygens (including phenoxy) is 1. The van der Waals surface area contributed by atoms with Gasteiger partial charge >= 0.3 is 0 Å². The molecular formula is C71H129N13O13. The van der Waals surface area contributed by atoms with Gasteiger partial charge in [-0.05, 0) is 121 Å². The van der Waals surface area contributed by atoms with E-state index < -0.39 is 161 Å². The minimum atomic E-state index is -1.63. The molecule has 2 heterocycles. The summed E-state index contributed by atoms with van der Waals surface area (Å²) in [4.78, 5) is 177. The fraction of sp³-hybridized carbons (Fsp3) is 0.817. The Kier molecular flexibility index (Phi) is 36.5. The molecule has 26 heteroatoms. The second-order valence-electron chi connectivity index (χ2n) is 29.6. The fourth-order valence-corrected chi connectivity index (χ4v) is 13.1. The molecule has 0 aromatic rings. The molecule has 0 aromatic carbocycles. The Morgan fingerprint density at radius 1 is 0.485 bits per heavy atom. The van der Waals surface area contributed by atoms with Crippen LogP contribution in [-0.2, 0) is 57.5 Å². The molecule has 556 valence electrons. The van der Waals surface area contributed by atoms with Crippen molar-refractivity contribution in [1.29, 1.82) is 0 Å². The van der Waals surface area contributed by atoms with Crippen molar-refractivity contribution in [2.24, 2.45) is 41.4 Å². The van der Waals surface area contributed by atoms with Crippen molar-refractivity contribution in [2.45, 2.75) is 235 Å². The number of amides is 11. The molecule has 11 amide bonds. The molecular weight excluding hydrogens is 1240 g/mol. The van der Waals surface area contributed by atoms with Crippen molar-refractivity contribution in [2.75, 3.05) is 102 Å². The molecule has 2 aliphatic rings. The zero-order valence-electron chi connectivity index (χ0n) is 63.9. The number of carbonyl (C=O) groups is 11. The molecule has 5 N–H and O–H groups in total. The van der Waals surface area contributed by atoms with Crippen LogP contribution in [0.3, 0.4) is 0 Å². The molecule has 0 aliphatic carbocycles. The topological polar surface area (TPSA) is 295 Å². The van der Waals surface area contributed by atoms with E-state index in [4.69, 9.17) is 4.74 Å². The van der Waals surface area contributed by atoms with Crippen LogP contribution in [0.1, 0.15) is 163 Å². The summed E-state index contributed by atoms with van der Waals surface area (Å²) in [5.74, 6) is -10.2. The van der Waals surface area contributed by atoms with Crippen LogP contribution in [0.2, 0.25) is 0 Å². The summed E-state index contributed by atoms with van der Waals surface area (Å²) >= 11 is 0. The van der Waals surface area contributed by atoms with Gasteiger partial charge in [-0.1, -0.05) is 102 Å². The molecule has 2 saturated heterocycles. The lowest BCUT2D eigenvalue weighted by atomic mass is 9.91. The van der Waals surface area contributed by atoms with Gasteiger partial charge in [0.05, 0.1) is 12.7 Å². The Morgan fingerprint density at radius 2 is 0.938 bits per heavy atom. The lowest BCUT2D eigenvalue weighted by Gasteiger charge is -2.41. The number of aliphatic hydroxyl groups excluding tert-OH is 1. The van der Waals surface area contributed by atoms with Gasteiger partial charge in [-0.25, -0.2) is 0 Å². The third-order valence-electron chi connectivity index (χ3n) is 19.5. The van der Waals surface area contributed by atoms with Crippen LogP contribution >= 0.6 is 0 Å². The molecule has 0 spiro atoms. The van der Waals surface area contributed by atoms with Gasteiger partial charge in [0.15, 0.2) is 0 Å². The maximum absolute atomic E-state index is 15.3. The highest BCUT2D eigenvalue weighted by Gasteiger charge is 2.46. The zero-order chi connectivity index (χ0) is 74.4. The molecule has 0 aromatic heterocycles. The van der Waals surface area contributed by atoms with Crippen molar-refractivity contribution < 1.29 is 62.6 Å². The van der Waals surface area contributed by atoms with Gasteiger partial charge in [-0.2, -0.15) is 0 Å². The average molecular weight is 1370 g/mol. The van der Waals surface area contributed by atoms with E-state index in [0.717, 1.165) is 44.2 Å². The third-order valence-corrected chi connectivity index (χ3v) is 19.5. The molecule has 0 saturated carbocycles. The summed E-state index contributed by atoms with van der Waals surface area (Å²) in [6.07, 6.45) is 3.99. The number of hydrogen-bond donors (Lipinski definition) is 5. The number of methoxy groups -OCH3 is 1. The van der Waals surface area contributed by atoms with Gasteiger partial charge in [0.1, 0.15) is 66.5 Å². The summed E-state index contributed by atoms with van der Waals surface area (Å²) in [5, 5.41) is 23.5. The van der Waals surface area contributed by atoms with Gasteiger partial charge in [-0.15, -0.1) is 0 Å². The number of carbonyl (C=O) groups excluding carboxylic acids is 11. The first kappa shape index (κ1) is 86.8. The third kappa shape index (κ3) is 24.6. The molecule has 2 fully saturated rings. The summed E-state index contributed by atoms with van der Waals surface area (Å²) in [7, 11) is 11.8. The highest BCUT2D eigenvalue weighted by Crippen LogP contribution is 2.27. The standard InChI is InChI=1S/C71H129N13O13/c1-26-28-30-48(14)60(85)59-64(89)74-52(27-2)67(92)76(18)51(17)66(91)81(23)58(47(13)31-29-32-83-33-35-84(36-34-83)37-38-97-25)63(88)75-56(45(9)10)70(95)77(19)53(39-42(3)4)62(87)72-49(15)61(86)73-50(16)65(90)78(20)54(40-43(5)6)68(93)79(21)55(41-44(7)8)69(94)80(22)57(46(11)12)71(96)82(59)24/h26,28,42-60,85H,27,29-41H2,1-25H3,(H,72,87)(H,73,86)(H,74,89)(H,75,88). The summed E-state index contributed by atoms with van der Waals surface area (Å²) in [6, 6.07) is -13.8. The predicted molar refractivity (Wildman–Crippen MR) is 377 cm³/mol. The molecule has 14 unspecified atom stereocenters. The van der Waals surface area contributed by atoms with E-state index in [1.54, 1.807) is 54.7 Å². The van der Waals surface area contributed by atoms with Crippen LogP contribution in [0.15, 0.2) is 12.2 Å². The SMILES string of the molecule is CC=CCC(C)C(O)C1C(=O)NC(CC)C(=O)N(C)C(C)C(=O)N(C)C(C(C)CCCN2CCN(CCOC)CC2)C(=O)NC(C(C)C)C(=O)N(C)C(CC(C)C)C(=O)NC(C)C(=O)NC(C)C(=O)N(C)C(CC(C)C)C(=O)N(C)C(CC(C)C)C(=O)N(C)C(C(C)C)C(=O)N1C. The quantitative estimate of drug-likeness (QED) is 0.103. The van der Waals surface area contributed by atoms with Crippen LogP contribution in [0.4, 0.5) is 0 Å². The number of likely N-dealkylation sites (N-methyl/N-ethyl adjacent to an activating group) is 7. The Hall–Kier alpha value is -6.25. The smallest absolute Gasteiger partial charge is 0.246 e. The van der Waals surface area contributed by atoms with Crippen molar-refractivity contribution in [3.8, 4) is 0 Å². The summed E-state index contributed by atoms with van der Waals surface area (Å²) < 4.78 is 5.29. The largest absolute Gasteiger partial charge is 0.390 e. The number of nitrogens with zero attached hydrogens (tertiary/aromatic N) is 9. The normalized spacial score (nSPS) is 27.5. The highest BCUT2D eigenvalue weighted by atomic mass is 16.5. The highest BCUT2D eigenvalue weighted by molar-refractivity contribution is 6.00.